The van der Waals surface area contributed by atoms with Crippen LogP contribution in [0.2, 0.25) is 0 Å². The van der Waals surface area contributed by atoms with Gasteiger partial charge in [-0.15, -0.1) is 0 Å². The lowest BCUT2D eigenvalue weighted by molar-refractivity contribution is -0.121. The summed E-state index contributed by atoms with van der Waals surface area (Å²) in [6.07, 6.45) is 3.65. The number of nitrogens with one attached hydrogen (secondary N) is 2. The van der Waals surface area contributed by atoms with Crippen molar-refractivity contribution in [2.24, 2.45) is 0 Å². The van der Waals surface area contributed by atoms with E-state index in [0.29, 0.717) is 12.6 Å². The zero-order valence-corrected chi connectivity index (χ0v) is 11.5. The fourth-order valence-corrected chi connectivity index (χ4v) is 3.65. The Bertz CT molecular complexity index is 296. The highest BCUT2D eigenvalue weighted by atomic mass is 32.2. The second kappa shape index (κ2) is 7.21. The molecule has 5 nitrogen and oxygen atoms in total. The Kier molecular flexibility index (Phi) is 5.59. The average molecular weight is 274 g/mol. The summed E-state index contributed by atoms with van der Waals surface area (Å²) in [6.45, 7) is 1.86. The first kappa shape index (κ1) is 14.0. The Morgan fingerprint density at radius 1 is 1.11 bits per heavy atom. The van der Waals surface area contributed by atoms with Gasteiger partial charge in [0.25, 0.3) is 0 Å². The molecule has 2 fully saturated rings. The molecule has 0 spiro atoms. The lowest BCUT2D eigenvalue weighted by atomic mass is 10.1. The zero-order valence-electron chi connectivity index (χ0n) is 10.7. The fraction of sp³-hybridized carbons (Fsp3) is 0.917. The summed E-state index contributed by atoms with van der Waals surface area (Å²) >= 11 is 0. The number of hydrogen-bond acceptors (Lipinski definition) is 4. The van der Waals surface area contributed by atoms with Crippen LogP contribution < -0.4 is 10.6 Å². The molecule has 2 aliphatic heterocycles. The van der Waals surface area contributed by atoms with Crippen LogP contribution in [0.15, 0.2) is 0 Å². The number of carbonyl (C=O) groups is 1. The summed E-state index contributed by atoms with van der Waals surface area (Å²) < 4.78 is 16.5. The highest BCUT2D eigenvalue weighted by Crippen LogP contribution is 2.09. The van der Waals surface area contributed by atoms with E-state index in [2.05, 4.69) is 10.6 Å². The summed E-state index contributed by atoms with van der Waals surface area (Å²) in [6, 6.07) is 0.620. The van der Waals surface area contributed by atoms with Crippen molar-refractivity contribution in [3.05, 3.63) is 0 Å². The molecule has 0 aromatic heterocycles. The average Bonchev–Trinajstić information content (AvgIpc) is 2.39. The van der Waals surface area contributed by atoms with Gasteiger partial charge in [-0.2, -0.15) is 0 Å². The molecule has 0 bridgehead atoms. The van der Waals surface area contributed by atoms with E-state index in [4.69, 9.17) is 4.74 Å². The SMILES string of the molecule is O=C(CNC1CCS(=O)CC1)NC1CCOCC1. The van der Waals surface area contributed by atoms with E-state index >= 15 is 0 Å². The van der Waals surface area contributed by atoms with Crippen molar-refractivity contribution >= 4 is 16.7 Å². The highest BCUT2D eigenvalue weighted by Gasteiger charge is 2.19. The van der Waals surface area contributed by atoms with E-state index in [1.807, 2.05) is 0 Å². The van der Waals surface area contributed by atoms with Gasteiger partial charge in [0.1, 0.15) is 0 Å². The van der Waals surface area contributed by atoms with Crippen LogP contribution in [-0.2, 0) is 20.3 Å². The highest BCUT2D eigenvalue weighted by molar-refractivity contribution is 7.85. The molecule has 0 aromatic carbocycles. The normalized spacial score (nSPS) is 30.0. The lowest BCUT2D eigenvalue weighted by Crippen LogP contribution is -2.46. The fourth-order valence-electron chi connectivity index (χ4n) is 2.36. The predicted octanol–water partition coefficient (Wildman–Crippen LogP) is -0.218. The molecule has 6 heteroatoms. The van der Waals surface area contributed by atoms with Crippen LogP contribution in [0.3, 0.4) is 0 Å². The lowest BCUT2D eigenvalue weighted by Gasteiger charge is -2.25. The molecule has 0 atom stereocenters. The molecule has 2 aliphatic rings. The van der Waals surface area contributed by atoms with E-state index in [1.165, 1.54) is 0 Å². The van der Waals surface area contributed by atoms with Gasteiger partial charge in [0, 0.05) is 47.6 Å². The maximum atomic E-state index is 11.7. The molecule has 0 saturated carbocycles. The van der Waals surface area contributed by atoms with Crippen LogP contribution in [0.25, 0.3) is 0 Å². The predicted molar refractivity (Wildman–Crippen MR) is 70.9 cm³/mol. The zero-order chi connectivity index (χ0) is 12.8. The van der Waals surface area contributed by atoms with Crippen molar-refractivity contribution in [2.45, 2.75) is 37.8 Å². The van der Waals surface area contributed by atoms with E-state index < -0.39 is 10.8 Å². The van der Waals surface area contributed by atoms with Crippen LogP contribution in [-0.4, -0.2) is 53.5 Å². The van der Waals surface area contributed by atoms with Gasteiger partial charge in [-0.1, -0.05) is 0 Å². The molecule has 0 aliphatic carbocycles. The van der Waals surface area contributed by atoms with Crippen LogP contribution >= 0.6 is 0 Å². The number of rotatable bonds is 4. The Morgan fingerprint density at radius 2 is 1.78 bits per heavy atom. The van der Waals surface area contributed by atoms with E-state index in [0.717, 1.165) is 50.4 Å². The van der Waals surface area contributed by atoms with Gasteiger partial charge < -0.3 is 15.4 Å². The Morgan fingerprint density at radius 3 is 2.44 bits per heavy atom. The molecule has 2 N–H and O–H groups in total. The second-order valence-corrected chi connectivity index (χ2v) is 6.65. The standard InChI is InChI=1S/C12H22N2O3S/c15-12(14-11-1-5-17-6-2-11)9-13-10-3-7-18(16)8-4-10/h10-11,13H,1-9H2,(H,14,15). The Labute approximate surface area is 110 Å². The van der Waals surface area contributed by atoms with Crippen molar-refractivity contribution in [2.75, 3.05) is 31.3 Å². The molecule has 2 heterocycles. The smallest absolute Gasteiger partial charge is 0.234 e. The molecule has 18 heavy (non-hydrogen) atoms. The largest absolute Gasteiger partial charge is 0.381 e. The minimum Gasteiger partial charge on any atom is -0.381 e. The molecule has 1 amide bonds. The summed E-state index contributed by atoms with van der Waals surface area (Å²) in [5, 5.41) is 6.28. The minimum atomic E-state index is -0.635. The Hall–Kier alpha value is -0.460. The summed E-state index contributed by atoms with van der Waals surface area (Å²) in [5.74, 6) is 1.59. The number of hydrogen-bond donors (Lipinski definition) is 2. The first-order chi connectivity index (χ1) is 8.74. The van der Waals surface area contributed by atoms with Crippen LogP contribution in [0.5, 0.6) is 0 Å². The van der Waals surface area contributed by atoms with E-state index in [9.17, 15) is 9.00 Å². The summed E-state index contributed by atoms with van der Waals surface area (Å²) in [7, 11) is -0.635. The monoisotopic (exact) mass is 274 g/mol. The topological polar surface area (TPSA) is 67.4 Å². The third-order valence-corrected chi connectivity index (χ3v) is 4.91. The van der Waals surface area contributed by atoms with Crippen LogP contribution in [0.1, 0.15) is 25.7 Å². The maximum Gasteiger partial charge on any atom is 0.234 e. The number of carbonyl (C=O) groups excluding carboxylic acids is 1. The van der Waals surface area contributed by atoms with E-state index in [1.54, 1.807) is 0 Å². The summed E-state index contributed by atoms with van der Waals surface area (Å²) in [4.78, 5) is 11.7. The van der Waals surface area contributed by atoms with Crippen molar-refractivity contribution in [1.82, 2.24) is 10.6 Å². The van der Waals surface area contributed by atoms with Crippen LogP contribution in [0, 0.1) is 0 Å². The van der Waals surface area contributed by atoms with E-state index in [-0.39, 0.29) is 11.9 Å². The molecular formula is C12H22N2O3S. The first-order valence-electron chi connectivity index (χ1n) is 6.69. The molecule has 0 unspecified atom stereocenters. The first-order valence-corrected chi connectivity index (χ1v) is 8.18. The van der Waals surface area contributed by atoms with Gasteiger partial charge >= 0.3 is 0 Å². The van der Waals surface area contributed by atoms with Gasteiger partial charge in [0.15, 0.2) is 0 Å². The van der Waals surface area contributed by atoms with Gasteiger partial charge in [-0.05, 0) is 25.7 Å². The Balaban J connectivity index is 1.60. The minimum absolute atomic E-state index is 0.0635. The van der Waals surface area contributed by atoms with Crippen molar-refractivity contribution < 1.29 is 13.7 Å². The maximum absolute atomic E-state index is 11.7. The van der Waals surface area contributed by atoms with Crippen molar-refractivity contribution in [1.29, 1.82) is 0 Å². The van der Waals surface area contributed by atoms with Gasteiger partial charge in [-0.25, -0.2) is 0 Å². The van der Waals surface area contributed by atoms with Crippen molar-refractivity contribution in [3.8, 4) is 0 Å². The third kappa shape index (κ3) is 4.66. The van der Waals surface area contributed by atoms with Gasteiger partial charge in [0.05, 0.1) is 6.54 Å². The van der Waals surface area contributed by atoms with Gasteiger partial charge in [-0.3, -0.25) is 9.00 Å². The number of ether oxygens (including phenoxy) is 1. The molecule has 0 aromatic rings. The quantitative estimate of drug-likeness (QED) is 0.744. The van der Waals surface area contributed by atoms with Crippen molar-refractivity contribution in [3.63, 3.8) is 0 Å². The number of amides is 1. The molecule has 0 radical (unpaired) electrons. The molecule has 2 saturated heterocycles. The van der Waals surface area contributed by atoms with Gasteiger partial charge in [0.2, 0.25) is 5.91 Å². The second-order valence-electron chi connectivity index (χ2n) is 4.96. The van der Waals surface area contributed by atoms with Crippen LogP contribution in [0.4, 0.5) is 0 Å². The molecular weight excluding hydrogens is 252 g/mol. The molecule has 104 valence electrons. The third-order valence-electron chi connectivity index (χ3n) is 3.53. The summed E-state index contributed by atoms with van der Waals surface area (Å²) in [5.41, 5.74) is 0. The molecule has 2 rings (SSSR count).